The van der Waals surface area contributed by atoms with Crippen LogP contribution in [0.25, 0.3) is 98.8 Å². The highest BCUT2D eigenvalue weighted by Crippen LogP contribution is 2.48. The van der Waals surface area contributed by atoms with Gasteiger partial charge in [0.05, 0.1) is 17.8 Å². The Bertz CT molecular complexity index is 3530. The Morgan fingerprint density at radius 2 is 0.918 bits per heavy atom. The molecule has 49 heavy (non-hydrogen) atoms. The molecule has 0 N–H and O–H groups in total. The molecule has 0 amide bonds. The van der Waals surface area contributed by atoms with Crippen molar-refractivity contribution < 1.29 is 22.2 Å². The second kappa shape index (κ2) is 11.1. The van der Waals surface area contributed by atoms with Crippen molar-refractivity contribution in [3.63, 3.8) is 0 Å². The molecular formula is C48H30O. The Morgan fingerprint density at radius 1 is 0.367 bits per heavy atom. The van der Waals surface area contributed by atoms with Gasteiger partial charge in [0.2, 0.25) is 0 Å². The average molecular weight is 636 g/mol. The molecule has 0 bridgehead atoms. The Balaban J connectivity index is 1.35. The van der Waals surface area contributed by atoms with Gasteiger partial charge in [-0.1, -0.05) is 164 Å². The highest BCUT2D eigenvalue weighted by Gasteiger charge is 2.21. The lowest BCUT2D eigenvalue weighted by molar-refractivity contribution is 0.669. The fourth-order valence-electron chi connectivity index (χ4n) is 6.91. The van der Waals surface area contributed by atoms with E-state index in [0.29, 0.717) is 49.4 Å². The van der Waals surface area contributed by atoms with Gasteiger partial charge in [-0.2, -0.15) is 0 Å². The van der Waals surface area contributed by atoms with Crippen LogP contribution in [0, 0.1) is 0 Å². The third kappa shape index (κ3) is 4.40. The van der Waals surface area contributed by atoms with Crippen LogP contribution >= 0.6 is 0 Å². The summed E-state index contributed by atoms with van der Waals surface area (Å²) in [5.41, 5.74) is 2.86. The van der Waals surface area contributed by atoms with Crippen LogP contribution in [0.4, 0.5) is 0 Å². The van der Waals surface area contributed by atoms with Crippen LogP contribution in [-0.4, -0.2) is 0 Å². The standard InChI is InChI=1S/C48H30O/c1-2-13-31(14-3-1)32-25-27-33(28-26-32)36-17-6-7-18-37(36)46-38-19-8-10-21-40(38)47(41-22-11-9-20-39(41)46)42-23-12-24-44-48(42)43-29-34-15-4-5-16-35(34)30-45(43)49-44/h1-30H/i4D,5D,12D,15D,16D,23D,24D,25D,26D,27D,28D,29D,30D. The first-order valence-corrected chi connectivity index (χ1v) is 15.8. The predicted molar refractivity (Wildman–Crippen MR) is 208 cm³/mol. The first-order chi connectivity index (χ1) is 29.8. The first kappa shape index (κ1) is 17.6. The van der Waals surface area contributed by atoms with Gasteiger partial charge >= 0.3 is 0 Å². The summed E-state index contributed by atoms with van der Waals surface area (Å²) in [5.74, 6) is 0. The third-order valence-corrected chi connectivity index (χ3v) is 9.03. The van der Waals surface area contributed by atoms with Gasteiger partial charge in [-0.3, -0.25) is 0 Å². The monoisotopic (exact) mass is 635 g/mol. The van der Waals surface area contributed by atoms with E-state index in [0.717, 1.165) is 0 Å². The second-order valence-electron chi connectivity index (χ2n) is 11.8. The molecule has 0 saturated heterocycles. The minimum atomic E-state index is -0.577. The number of fused-ring (bicyclic) bond motifs is 6. The molecule has 0 aliphatic carbocycles. The van der Waals surface area contributed by atoms with E-state index >= 15 is 0 Å². The van der Waals surface area contributed by atoms with Crippen LogP contribution in [0.3, 0.4) is 0 Å². The molecule has 1 heterocycles. The lowest BCUT2D eigenvalue weighted by Crippen LogP contribution is -1.93. The predicted octanol–water partition coefficient (Wildman–Crippen LogP) is 13.7. The van der Waals surface area contributed by atoms with Gasteiger partial charge in [0.25, 0.3) is 0 Å². The highest BCUT2D eigenvalue weighted by molar-refractivity contribution is 6.26. The van der Waals surface area contributed by atoms with E-state index in [1.807, 2.05) is 66.7 Å². The number of hydrogen-bond acceptors (Lipinski definition) is 1. The maximum absolute atomic E-state index is 9.52. The van der Waals surface area contributed by atoms with Crippen molar-refractivity contribution in [3.8, 4) is 44.5 Å². The molecule has 0 fully saturated rings. The third-order valence-electron chi connectivity index (χ3n) is 9.03. The molecule has 0 unspecified atom stereocenters. The van der Waals surface area contributed by atoms with Gasteiger partial charge in [-0.15, -0.1) is 0 Å². The maximum Gasteiger partial charge on any atom is 0.136 e. The second-order valence-corrected chi connectivity index (χ2v) is 11.8. The topological polar surface area (TPSA) is 13.1 Å². The highest BCUT2D eigenvalue weighted by atomic mass is 16.3. The van der Waals surface area contributed by atoms with Gasteiger partial charge in [0.15, 0.2) is 0 Å². The molecule has 1 heteroatoms. The van der Waals surface area contributed by atoms with Gasteiger partial charge in [-0.25, -0.2) is 0 Å². The lowest BCUT2D eigenvalue weighted by atomic mass is 9.83. The fourth-order valence-corrected chi connectivity index (χ4v) is 6.91. The van der Waals surface area contributed by atoms with Gasteiger partial charge in [0, 0.05) is 10.8 Å². The van der Waals surface area contributed by atoms with Gasteiger partial charge < -0.3 is 4.42 Å². The van der Waals surface area contributed by atoms with E-state index in [-0.39, 0.29) is 85.7 Å². The van der Waals surface area contributed by atoms with Crippen LogP contribution in [0.1, 0.15) is 17.8 Å². The van der Waals surface area contributed by atoms with E-state index < -0.39 is 42.3 Å². The zero-order chi connectivity index (χ0) is 43.6. The van der Waals surface area contributed by atoms with E-state index in [1.165, 1.54) is 0 Å². The van der Waals surface area contributed by atoms with Crippen molar-refractivity contribution in [2.75, 3.05) is 0 Å². The molecule has 0 spiro atoms. The van der Waals surface area contributed by atoms with Crippen LogP contribution in [0.2, 0.25) is 0 Å². The quantitative estimate of drug-likeness (QED) is 0.175. The van der Waals surface area contributed by atoms with Crippen molar-refractivity contribution in [2.24, 2.45) is 0 Å². The summed E-state index contributed by atoms with van der Waals surface area (Å²) >= 11 is 0. The lowest BCUT2D eigenvalue weighted by Gasteiger charge is -2.20. The molecule has 1 nitrogen and oxygen atoms in total. The number of benzene rings is 9. The van der Waals surface area contributed by atoms with E-state index in [2.05, 4.69) is 0 Å². The van der Waals surface area contributed by atoms with Gasteiger partial charge in [-0.05, 0) is 95.0 Å². The number of rotatable bonds is 4. The number of furan rings is 1. The molecule has 0 aliphatic rings. The van der Waals surface area contributed by atoms with Crippen molar-refractivity contribution in [1.29, 1.82) is 0 Å². The van der Waals surface area contributed by atoms with E-state index in [9.17, 15) is 6.85 Å². The van der Waals surface area contributed by atoms with Crippen molar-refractivity contribution in [2.45, 2.75) is 0 Å². The summed E-state index contributed by atoms with van der Waals surface area (Å²) in [6.07, 6.45) is 0. The SMILES string of the molecule is [2H]c1c([2H])c(-c2ccccc2-c2c3ccccc3c(-c3c([2H])c([2H])c([2H])c4oc5c([2H])c6c([2H])c([2H])c([2H])c([2H])c6c([2H])c5c34)c3ccccc23)c([2H])c([2H])c1-c1ccccc1. The average Bonchev–Trinajstić information content (AvgIpc) is 3.69. The molecule has 0 radical (unpaired) electrons. The number of hydrogen-bond donors (Lipinski definition) is 0. The summed E-state index contributed by atoms with van der Waals surface area (Å²) < 4.78 is 123. The van der Waals surface area contributed by atoms with Crippen molar-refractivity contribution in [1.82, 2.24) is 0 Å². The van der Waals surface area contributed by atoms with Crippen molar-refractivity contribution >= 4 is 54.3 Å². The summed E-state index contributed by atoms with van der Waals surface area (Å²) in [4.78, 5) is 0. The van der Waals surface area contributed by atoms with Crippen LogP contribution < -0.4 is 0 Å². The normalized spacial score (nSPS) is 15.4. The molecule has 0 saturated carbocycles. The summed E-state index contributed by atoms with van der Waals surface area (Å²) in [6, 6.07) is 26.0. The fraction of sp³-hybridized carbons (Fsp3) is 0. The summed E-state index contributed by atoms with van der Waals surface area (Å²) in [7, 11) is 0. The minimum Gasteiger partial charge on any atom is -0.456 e. The molecule has 10 rings (SSSR count). The van der Waals surface area contributed by atoms with E-state index in [1.54, 1.807) is 36.4 Å². The largest absolute Gasteiger partial charge is 0.456 e. The smallest absolute Gasteiger partial charge is 0.136 e. The van der Waals surface area contributed by atoms with Crippen LogP contribution in [0.5, 0.6) is 0 Å². The van der Waals surface area contributed by atoms with Crippen LogP contribution in [0.15, 0.2) is 186 Å². The Kier molecular flexibility index (Phi) is 3.99. The molecule has 228 valence electrons. The Labute approximate surface area is 302 Å². The van der Waals surface area contributed by atoms with E-state index in [4.69, 9.17) is 15.4 Å². The molecule has 9 aromatic carbocycles. The van der Waals surface area contributed by atoms with Gasteiger partial charge in [0.1, 0.15) is 11.2 Å². The molecule has 10 aromatic rings. The molecular weight excluding hydrogens is 593 g/mol. The maximum atomic E-state index is 9.52. The Hall–Kier alpha value is -6.44. The first-order valence-electron chi connectivity index (χ1n) is 22.3. The van der Waals surface area contributed by atoms with Crippen molar-refractivity contribution in [3.05, 3.63) is 182 Å². The molecule has 0 atom stereocenters. The molecule has 1 aromatic heterocycles. The zero-order valence-electron chi connectivity index (χ0n) is 38.7. The molecule has 0 aliphatic heterocycles. The Morgan fingerprint density at radius 3 is 1.59 bits per heavy atom. The summed E-state index contributed by atoms with van der Waals surface area (Å²) in [5, 5.41) is 2.16. The zero-order valence-corrected chi connectivity index (χ0v) is 25.7. The summed E-state index contributed by atoms with van der Waals surface area (Å²) in [6.45, 7) is 0. The van der Waals surface area contributed by atoms with Crippen LogP contribution in [-0.2, 0) is 0 Å². The minimum absolute atomic E-state index is 0.0237.